The van der Waals surface area contributed by atoms with Crippen molar-refractivity contribution in [3.63, 3.8) is 0 Å². The van der Waals surface area contributed by atoms with Gasteiger partial charge in [0.15, 0.2) is 5.60 Å². The van der Waals surface area contributed by atoms with Crippen LogP contribution in [0, 0.1) is 28.1 Å². The maximum Gasteiger partial charge on any atom is 0.347 e. The highest BCUT2D eigenvalue weighted by molar-refractivity contribution is 5.86. The van der Waals surface area contributed by atoms with Gasteiger partial charge >= 0.3 is 29.8 Å². The van der Waals surface area contributed by atoms with Crippen LogP contribution >= 0.6 is 0 Å². The first-order valence-electron chi connectivity index (χ1n) is 16.6. The molecular weight excluding hydrogens is 660 g/mol. The van der Waals surface area contributed by atoms with Gasteiger partial charge in [-0.1, -0.05) is 13.8 Å². The minimum atomic E-state index is -1.84. The number of rotatable bonds is 6. The summed E-state index contributed by atoms with van der Waals surface area (Å²) in [5, 5.41) is 13.3. The van der Waals surface area contributed by atoms with Crippen molar-refractivity contribution in [2.45, 2.75) is 115 Å². The molecule has 6 unspecified atom stereocenters. The molecule has 6 fully saturated rings. The van der Waals surface area contributed by atoms with E-state index >= 15 is 0 Å². The monoisotopic (exact) mass is 700 g/mol. The minimum Gasteiger partial charge on any atom is -0.472 e. The molecule has 3 aliphatic heterocycles. The molecule has 4 bridgehead atoms. The number of carbonyl (C=O) groups is 5. The van der Waals surface area contributed by atoms with Crippen molar-refractivity contribution >= 4 is 29.8 Å². The molecule has 1 N–H and O–H groups in total. The van der Waals surface area contributed by atoms with Gasteiger partial charge in [-0.25, -0.2) is 9.59 Å². The topological polar surface area (TPSA) is 193 Å². The molecule has 1 aromatic heterocycles. The standard InChI is InChI=1S/C35H40O15/c1-15(36)44-20-12-34-31(6)24(23(28(40)42-8)45-16(2)37)29(4)14-33(31,41)22(26(29)46-17(3)38)27-35(34,50-32(7,48-27)49-34)19-11-21(39)47-25(30(19,20)5)18-9-10-43-13-18/h9-11,13,20,22-27,41H,12,14H2,1-8H3/t20?,22?,23?,24?,25-,26?,27-,29+,30?,31-,32+,33+,34+,35-/m0/s1. The molecule has 4 aliphatic carbocycles. The Morgan fingerprint density at radius 2 is 1.70 bits per heavy atom. The molecule has 15 heteroatoms. The third-order valence-electron chi connectivity index (χ3n) is 13.3. The van der Waals surface area contributed by atoms with Gasteiger partial charge in [0.2, 0.25) is 6.10 Å². The fourth-order valence-corrected chi connectivity index (χ4v) is 12.1. The van der Waals surface area contributed by atoms with Crippen molar-refractivity contribution in [2.75, 3.05) is 7.11 Å². The number of ether oxygens (including phenoxy) is 8. The molecule has 14 atom stereocenters. The van der Waals surface area contributed by atoms with E-state index in [2.05, 4.69) is 0 Å². The Morgan fingerprint density at radius 3 is 2.30 bits per heavy atom. The van der Waals surface area contributed by atoms with E-state index in [0.29, 0.717) is 11.1 Å². The number of aliphatic hydroxyl groups is 1. The Hall–Kier alpha value is -3.79. The molecule has 4 saturated carbocycles. The smallest absolute Gasteiger partial charge is 0.347 e. The van der Waals surface area contributed by atoms with Gasteiger partial charge in [-0.2, -0.15) is 0 Å². The van der Waals surface area contributed by atoms with Crippen LogP contribution < -0.4 is 0 Å². The van der Waals surface area contributed by atoms with E-state index in [-0.39, 0.29) is 12.8 Å². The predicted molar refractivity (Wildman–Crippen MR) is 161 cm³/mol. The summed E-state index contributed by atoms with van der Waals surface area (Å²) in [4.78, 5) is 65.9. The van der Waals surface area contributed by atoms with Crippen molar-refractivity contribution in [1.82, 2.24) is 0 Å². The first kappa shape index (κ1) is 33.4. The van der Waals surface area contributed by atoms with Crippen LogP contribution in [0.25, 0.3) is 0 Å². The van der Waals surface area contributed by atoms with Crippen molar-refractivity contribution in [1.29, 1.82) is 0 Å². The van der Waals surface area contributed by atoms with Crippen LogP contribution in [0.4, 0.5) is 0 Å². The maximum absolute atomic E-state index is 13.7. The first-order chi connectivity index (χ1) is 23.3. The normalized spacial score (nSPS) is 49.2. The summed E-state index contributed by atoms with van der Waals surface area (Å²) >= 11 is 0. The number of hydrogen-bond acceptors (Lipinski definition) is 15. The lowest BCUT2D eigenvalue weighted by molar-refractivity contribution is -0.419. The summed E-state index contributed by atoms with van der Waals surface area (Å²) < 4.78 is 55.1. The third kappa shape index (κ3) is 3.47. The molecule has 0 radical (unpaired) electrons. The van der Waals surface area contributed by atoms with Crippen molar-refractivity contribution in [3.8, 4) is 0 Å². The molecular formula is C35H40O15. The minimum absolute atomic E-state index is 0.0372. The zero-order valence-corrected chi connectivity index (χ0v) is 28.9. The zero-order valence-electron chi connectivity index (χ0n) is 28.9. The maximum atomic E-state index is 13.7. The van der Waals surface area contributed by atoms with E-state index < -0.39 is 111 Å². The molecule has 15 nitrogen and oxygen atoms in total. The highest BCUT2D eigenvalue weighted by Crippen LogP contribution is 2.87. The SMILES string of the molecule is COC(=O)C(OC(C)=O)C1[C@@]2(C)C[C@@]3(O)C(C2OC(C)=O)[C@@H]2O[C@]4(C)O[C@]5(CC(OC(C)=O)C6(C)C(=CC(=O)O[C@H]6c6ccoc6)[C@]25O4)[C@@]13C. The molecule has 0 amide bonds. The summed E-state index contributed by atoms with van der Waals surface area (Å²) in [6, 6.07) is 1.64. The van der Waals surface area contributed by atoms with Crippen LogP contribution in [0.2, 0.25) is 0 Å². The van der Waals surface area contributed by atoms with Gasteiger partial charge in [-0.15, -0.1) is 0 Å². The van der Waals surface area contributed by atoms with Crippen LogP contribution in [-0.2, 0) is 61.9 Å². The van der Waals surface area contributed by atoms with Crippen LogP contribution in [0.5, 0.6) is 0 Å². The second-order valence-electron chi connectivity index (χ2n) is 15.6. The van der Waals surface area contributed by atoms with Gasteiger partial charge in [0.05, 0.1) is 36.6 Å². The van der Waals surface area contributed by atoms with Gasteiger partial charge < -0.3 is 47.4 Å². The van der Waals surface area contributed by atoms with E-state index in [4.69, 9.17) is 42.3 Å². The molecule has 8 rings (SSSR count). The van der Waals surface area contributed by atoms with Crippen molar-refractivity contribution in [2.24, 2.45) is 28.1 Å². The van der Waals surface area contributed by atoms with Gasteiger partial charge in [0.1, 0.15) is 30.0 Å². The number of cyclic esters (lactones) is 1. The van der Waals surface area contributed by atoms with E-state index in [1.807, 2.05) is 0 Å². The average Bonchev–Trinajstić information content (AvgIpc) is 3.78. The highest BCUT2D eigenvalue weighted by atomic mass is 16.9. The summed E-state index contributed by atoms with van der Waals surface area (Å²) in [7, 11) is 1.15. The Morgan fingerprint density at radius 1 is 1.00 bits per heavy atom. The lowest BCUT2D eigenvalue weighted by Crippen LogP contribution is -2.88. The molecule has 270 valence electrons. The van der Waals surface area contributed by atoms with Gasteiger partial charge in [-0.3, -0.25) is 14.4 Å². The van der Waals surface area contributed by atoms with E-state index in [1.165, 1.54) is 32.4 Å². The molecule has 4 heterocycles. The molecule has 0 aromatic carbocycles. The van der Waals surface area contributed by atoms with E-state index in [9.17, 15) is 29.1 Å². The molecule has 1 aromatic rings. The lowest BCUT2D eigenvalue weighted by atomic mass is 9.35. The van der Waals surface area contributed by atoms with Gasteiger partial charge in [0, 0.05) is 62.5 Å². The molecule has 7 aliphatic rings. The lowest BCUT2D eigenvalue weighted by Gasteiger charge is -2.74. The third-order valence-corrected chi connectivity index (χ3v) is 13.3. The fraction of sp³-hybridized carbons (Fsp3) is 0.686. The molecule has 1 spiro atoms. The van der Waals surface area contributed by atoms with Crippen molar-refractivity contribution in [3.05, 3.63) is 35.8 Å². The number of furan rings is 1. The Labute approximate surface area is 286 Å². The van der Waals surface area contributed by atoms with Gasteiger partial charge in [-0.05, 0) is 25.0 Å². The second-order valence-corrected chi connectivity index (χ2v) is 15.6. The van der Waals surface area contributed by atoms with E-state index in [1.54, 1.807) is 33.8 Å². The molecule has 50 heavy (non-hydrogen) atoms. The largest absolute Gasteiger partial charge is 0.472 e. The van der Waals surface area contributed by atoms with Crippen LogP contribution in [-0.4, -0.2) is 89.3 Å². The quantitative estimate of drug-likeness (QED) is 0.335. The Bertz CT molecular complexity index is 1770. The van der Waals surface area contributed by atoms with Crippen molar-refractivity contribution < 1.29 is 71.4 Å². The predicted octanol–water partition coefficient (Wildman–Crippen LogP) is 2.19. The van der Waals surface area contributed by atoms with Crippen LogP contribution in [0.3, 0.4) is 0 Å². The van der Waals surface area contributed by atoms with Crippen LogP contribution in [0.1, 0.15) is 73.0 Å². The summed E-state index contributed by atoms with van der Waals surface area (Å²) in [5.74, 6) is -7.67. The number of fused-ring (bicyclic) bond motifs is 4. The number of methoxy groups -OCH3 is 1. The number of esters is 5. The van der Waals surface area contributed by atoms with E-state index in [0.717, 1.165) is 14.0 Å². The fourth-order valence-electron chi connectivity index (χ4n) is 12.1. The average molecular weight is 701 g/mol. The summed E-state index contributed by atoms with van der Waals surface area (Å²) in [6.45, 7) is 10.5. The Kier molecular flexibility index (Phi) is 6.50. The molecule has 2 saturated heterocycles. The van der Waals surface area contributed by atoms with Gasteiger partial charge in [0.25, 0.3) is 5.97 Å². The number of carbonyl (C=O) groups excluding carboxylic acids is 5. The summed E-state index contributed by atoms with van der Waals surface area (Å²) in [5.41, 5.74) is -8.73. The first-order valence-corrected chi connectivity index (χ1v) is 16.6. The number of hydrogen-bond donors (Lipinski definition) is 1. The Balaban J connectivity index is 1.47. The van der Waals surface area contributed by atoms with Crippen LogP contribution in [0.15, 0.2) is 34.7 Å². The highest BCUT2D eigenvalue weighted by Gasteiger charge is 2.99. The zero-order chi connectivity index (χ0) is 36.2. The second kappa shape index (κ2) is 9.75. The summed E-state index contributed by atoms with van der Waals surface area (Å²) in [6.07, 6.45) is -1.99.